The Labute approximate surface area is 190 Å². The van der Waals surface area contributed by atoms with E-state index in [4.69, 9.17) is 4.74 Å². The number of rotatable bonds is 5. The van der Waals surface area contributed by atoms with E-state index in [9.17, 15) is 18.4 Å². The van der Waals surface area contributed by atoms with Gasteiger partial charge in [0.25, 0.3) is 5.91 Å². The van der Waals surface area contributed by atoms with Crippen molar-refractivity contribution in [2.45, 2.75) is 37.7 Å². The van der Waals surface area contributed by atoms with Gasteiger partial charge in [-0.1, -0.05) is 42.8 Å². The van der Waals surface area contributed by atoms with Gasteiger partial charge in [0.05, 0.1) is 0 Å². The van der Waals surface area contributed by atoms with Crippen molar-refractivity contribution in [2.24, 2.45) is 0 Å². The number of urea groups is 1. The Balaban J connectivity index is 1.42. The minimum Gasteiger partial charge on any atom is -0.483 e. The molecule has 0 atom stereocenters. The second kappa shape index (κ2) is 9.81. The van der Waals surface area contributed by atoms with Crippen molar-refractivity contribution < 1.29 is 23.1 Å². The van der Waals surface area contributed by atoms with Crippen LogP contribution in [0, 0.1) is 11.6 Å². The highest BCUT2D eigenvalue weighted by molar-refractivity contribution is 6.08. The summed E-state index contributed by atoms with van der Waals surface area (Å²) < 4.78 is 33.9. The number of ether oxygens (including phenoxy) is 1. The summed E-state index contributed by atoms with van der Waals surface area (Å²) in [6.45, 7) is 0. The molecule has 1 saturated carbocycles. The first kappa shape index (κ1) is 22.5. The molecule has 3 amide bonds. The van der Waals surface area contributed by atoms with Gasteiger partial charge in [-0.2, -0.15) is 0 Å². The Kier molecular flexibility index (Phi) is 6.68. The average molecular weight is 450 g/mol. The first-order chi connectivity index (χ1) is 16.0. The van der Waals surface area contributed by atoms with Gasteiger partial charge in [0.15, 0.2) is 0 Å². The molecule has 0 bridgehead atoms. The fraction of sp³-hybridized carbons (Fsp3) is 0.231. The Bertz CT molecular complexity index is 1110. The zero-order chi connectivity index (χ0) is 23.3. The van der Waals surface area contributed by atoms with Crippen LogP contribution in [0.5, 0.6) is 5.75 Å². The van der Waals surface area contributed by atoms with Crippen molar-refractivity contribution in [1.82, 2.24) is 5.32 Å². The van der Waals surface area contributed by atoms with Crippen LogP contribution in [0.1, 0.15) is 48.0 Å². The summed E-state index contributed by atoms with van der Waals surface area (Å²) in [6.07, 6.45) is 5.21. The van der Waals surface area contributed by atoms with E-state index in [0.717, 1.165) is 49.4 Å². The zero-order valence-corrected chi connectivity index (χ0v) is 17.9. The summed E-state index contributed by atoms with van der Waals surface area (Å²) in [7, 11) is 0. The van der Waals surface area contributed by atoms with Gasteiger partial charge in [0.2, 0.25) is 0 Å². The first-order valence-corrected chi connectivity index (χ1v) is 10.9. The lowest BCUT2D eigenvalue weighted by atomic mass is 9.79. The molecule has 2 N–H and O–H groups in total. The smallest absolute Gasteiger partial charge is 0.326 e. The highest BCUT2D eigenvalue weighted by atomic mass is 19.1. The molecule has 0 unspecified atom stereocenters. The quantitative estimate of drug-likeness (QED) is 0.489. The van der Waals surface area contributed by atoms with Crippen LogP contribution in [-0.4, -0.2) is 11.9 Å². The highest BCUT2D eigenvalue weighted by Gasteiger charge is 2.36. The number of carbonyl (C=O) groups excluding carboxylic acids is 2. The van der Waals surface area contributed by atoms with Crippen molar-refractivity contribution >= 4 is 17.6 Å². The fourth-order valence-electron chi connectivity index (χ4n) is 4.19. The second-order valence-electron chi connectivity index (χ2n) is 8.05. The minimum absolute atomic E-state index is 0.387. The molecule has 0 radical (unpaired) electrons. The lowest BCUT2D eigenvalue weighted by Gasteiger charge is -2.38. The van der Waals surface area contributed by atoms with Gasteiger partial charge in [-0.3, -0.25) is 10.1 Å². The Morgan fingerprint density at radius 2 is 1.42 bits per heavy atom. The number of nitrogens with one attached hydrogen (secondary N) is 2. The molecule has 0 aliphatic heterocycles. The van der Waals surface area contributed by atoms with Crippen LogP contribution in [0.4, 0.5) is 19.3 Å². The maximum atomic E-state index is 13.7. The van der Waals surface area contributed by atoms with E-state index in [-0.39, 0.29) is 5.60 Å². The molecule has 3 aromatic rings. The summed E-state index contributed by atoms with van der Waals surface area (Å²) >= 11 is 0. The molecule has 1 aliphatic carbocycles. The van der Waals surface area contributed by atoms with Crippen LogP contribution in [-0.2, 0) is 5.60 Å². The highest BCUT2D eigenvalue weighted by Crippen LogP contribution is 2.41. The molecule has 170 valence electrons. The lowest BCUT2D eigenvalue weighted by molar-refractivity contribution is 0.0263. The molecule has 3 aromatic carbocycles. The topological polar surface area (TPSA) is 67.4 Å². The van der Waals surface area contributed by atoms with Crippen molar-refractivity contribution in [3.8, 4) is 5.75 Å². The molecule has 1 fully saturated rings. The number of benzene rings is 3. The average Bonchev–Trinajstić information content (AvgIpc) is 2.81. The molecule has 33 heavy (non-hydrogen) atoms. The summed E-state index contributed by atoms with van der Waals surface area (Å²) in [5.41, 5.74) is 0.349. The molecule has 4 rings (SSSR count). The Hall–Kier alpha value is -3.74. The number of halogens is 2. The van der Waals surface area contributed by atoms with Gasteiger partial charge in [0, 0.05) is 5.69 Å². The number of imide groups is 1. The Morgan fingerprint density at radius 1 is 0.788 bits per heavy atom. The molecule has 0 saturated heterocycles. The van der Waals surface area contributed by atoms with Crippen LogP contribution >= 0.6 is 0 Å². The van der Waals surface area contributed by atoms with E-state index in [1.165, 1.54) is 6.42 Å². The summed E-state index contributed by atoms with van der Waals surface area (Å²) in [5, 5.41) is 4.42. The van der Waals surface area contributed by atoms with Crippen molar-refractivity contribution in [2.75, 3.05) is 5.32 Å². The van der Waals surface area contributed by atoms with E-state index >= 15 is 0 Å². The molecule has 7 heteroatoms. The van der Waals surface area contributed by atoms with Gasteiger partial charge < -0.3 is 10.1 Å². The van der Waals surface area contributed by atoms with Crippen LogP contribution < -0.4 is 15.4 Å². The van der Waals surface area contributed by atoms with Crippen molar-refractivity contribution in [3.05, 3.63) is 95.6 Å². The third-order valence-electron chi connectivity index (χ3n) is 5.80. The van der Waals surface area contributed by atoms with Crippen LogP contribution in [0.2, 0.25) is 0 Å². The van der Waals surface area contributed by atoms with Crippen LogP contribution in [0.3, 0.4) is 0 Å². The number of carbonyl (C=O) groups is 2. The maximum absolute atomic E-state index is 13.7. The van der Waals surface area contributed by atoms with Crippen molar-refractivity contribution in [3.63, 3.8) is 0 Å². The molecule has 1 aliphatic rings. The standard InChI is InChI=1S/C26H24F2N2O3/c27-21-10-7-11-22(28)23(21)24(31)30-25(32)29-19-12-14-20(15-13-19)33-26(16-5-2-6-17-26)18-8-3-1-4-9-18/h1,3-4,7-15H,2,5-6,16-17H2,(H2,29,30,31,32). The van der Waals surface area contributed by atoms with Gasteiger partial charge >= 0.3 is 6.03 Å². The third kappa shape index (κ3) is 5.19. The lowest BCUT2D eigenvalue weighted by Crippen LogP contribution is -2.35. The number of hydrogen-bond donors (Lipinski definition) is 2. The summed E-state index contributed by atoms with van der Waals surface area (Å²) in [5.74, 6) is -2.59. The maximum Gasteiger partial charge on any atom is 0.326 e. The number of anilines is 1. The molecule has 0 spiro atoms. The summed E-state index contributed by atoms with van der Waals surface area (Å²) in [4.78, 5) is 24.2. The molecule has 0 heterocycles. The predicted molar refractivity (Wildman–Crippen MR) is 121 cm³/mol. The van der Waals surface area contributed by atoms with E-state index in [0.29, 0.717) is 11.4 Å². The van der Waals surface area contributed by atoms with E-state index in [1.54, 1.807) is 24.3 Å². The van der Waals surface area contributed by atoms with Crippen molar-refractivity contribution in [1.29, 1.82) is 0 Å². The molecular formula is C26H24F2N2O3. The van der Waals surface area contributed by atoms with Gasteiger partial charge in [-0.25, -0.2) is 13.6 Å². The first-order valence-electron chi connectivity index (χ1n) is 10.9. The monoisotopic (exact) mass is 450 g/mol. The Morgan fingerprint density at radius 3 is 2.06 bits per heavy atom. The normalized spacial score (nSPS) is 14.8. The van der Waals surface area contributed by atoms with E-state index < -0.39 is 29.1 Å². The molecule has 5 nitrogen and oxygen atoms in total. The number of hydrogen-bond acceptors (Lipinski definition) is 3. The van der Waals surface area contributed by atoms with E-state index in [1.807, 2.05) is 23.5 Å². The van der Waals surface area contributed by atoms with Gasteiger partial charge in [-0.05, 0) is 67.6 Å². The van der Waals surface area contributed by atoms with Crippen LogP contribution in [0.25, 0.3) is 0 Å². The number of amides is 3. The third-order valence-corrected chi connectivity index (χ3v) is 5.80. The predicted octanol–water partition coefficient (Wildman–Crippen LogP) is 6.17. The fourth-order valence-corrected chi connectivity index (χ4v) is 4.19. The molecule has 0 aromatic heterocycles. The largest absolute Gasteiger partial charge is 0.483 e. The summed E-state index contributed by atoms with van der Waals surface area (Å²) in [6, 6.07) is 19.1. The SMILES string of the molecule is O=C(NC(=O)c1c(F)cccc1F)Nc1ccc(OC2(c3ccccc3)CCCCC2)cc1. The van der Waals surface area contributed by atoms with Gasteiger partial charge in [-0.15, -0.1) is 0 Å². The zero-order valence-electron chi connectivity index (χ0n) is 17.9. The molecular weight excluding hydrogens is 426 g/mol. The van der Waals surface area contributed by atoms with Gasteiger partial charge in [0.1, 0.15) is 28.5 Å². The van der Waals surface area contributed by atoms with E-state index in [2.05, 4.69) is 17.4 Å². The van der Waals surface area contributed by atoms with Crippen LogP contribution in [0.15, 0.2) is 72.8 Å². The second-order valence-corrected chi connectivity index (χ2v) is 8.05. The minimum atomic E-state index is -1.16.